The summed E-state index contributed by atoms with van der Waals surface area (Å²) < 4.78 is 0. The molecule has 94 valence electrons. The van der Waals surface area contributed by atoms with Crippen LogP contribution in [-0.4, -0.2) is 8.07 Å². The molecule has 3 rings (SSSR count). The van der Waals surface area contributed by atoms with Crippen LogP contribution in [0, 0.1) is 6.92 Å². The molecule has 1 aromatic heterocycles. The Balaban J connectivity index is 2.04. The highest BCUT2D eigenvalue weighted by Gasteiger charge is 2.41. The van der Waals surface area contributed by atoms with E-state index in [2.05, 4.69) is 57.3 Å². The minimum Gasteiger partial charge on any atom is -0.141 e. The smallest absolute Gasteiger partial charge is 0.0876 e. The Bertz CT molecular complexity index is 584. The van der Waals surface area contributed by atoms with Crippen molar-refractivity contribution >= 4 is 25.5 Å². The molecule has 1 unspecified atom stereocenters. The zero-order chi connectivity index (χ0) is 12.9. The molecule has 2 heteroatoms. The molecule has 0 aliphatic heterocycles. The van der Waals surface area contributed by atoms with Crippen molar-refractivity contribution in [1.29, 1.82) is 0 Å². The predicted molar refractivity (Wildman–Crippen MR) is 84.8 cm³/mol. The summed E-state index contributed by atoms with van der Waals surface area (Å²) >= 11 is 1.95. The van der Waals surface area contributed by atoms with E-state index in [-0.39, 0.29) is 0 Å². The van der Waals surface area contributed by atoms with E-state index in [1.807, 2.05) is 11.3 Å². The third-order valence-corrected chi connectivity index (χ3v) is 9.61. The fraction of sp³-hybridized carbons (Fsp3) is 0.375. The van der Waals surface area contributed by atoms with Gasteiger partial charge >= 0.3 is 0 Å². The summed E-state index contributed by atoms with van der Waals surface area (Å²) in [5.74, 6) is 0. The van der Waals surface area contributed by atoms with Crippen molar-refractivity contribution in [3.63, 3.8) is 0 Å². The maximum atomic E-state index is 2.54. The molecule has 0 saturated carbocycles. The Labute approximate surface area is 115 Å². The van der Waals surface area contributed by atoms with Crippen molar-refractivity contribution in [1.82, 2.24) is 0 Å². The van der Waals surface area contributed by atoms with Crippen LogP contribution in [0.3, 0.4) is 0 Å². The molecule has 0 nitrogen and oxygen atoms in total. The van der Waals surface area contributed by atoms with Crippen LogP contribution >= 0.6 is 11.3 Å². The fourth-order valence-corrected chi connectivity index (χ4v) is 8.45. The van der Waals surface area contributed by atoms with Crippen molar-refractivity contribution < 1.29 is 0 Å². The molecule has 1 atom stereocenters. The number of allylic oxidation sites excluding steroid dienone is 5. The van der Waals surface area contributed by atoms with Crippen molar-refractivity contribution in [3.8, 4) is 0 Å². The van der Waals surface area contributed by atoms with Crippen molar-refractivity contribution in [3.05, 3.63) is 50.4 Å². The zero-order valence-electron chi connectivity index (χ0n) is 11.6. The molecule has 0 amide bonds. The third kappa shape index (κ3) is 1.70. The first-order valence-corrected chi connectivity index (χ1v) is 10.5. The van der Waals surface area contributed by atoms with Gasteiger partial charge in [0.1, 0.15) is 0 Å². The lowest BCUT2D eigenvalue weighted by atomic mass is 10.2. The van der Waals surface area contributed by atoms with Crippen LogP contribution in [0.5, 0.6) is 0 Å². The summed E-state index contributed by atoms with van der Waals surface area (Å²) in [6, 6.07) is 2.43. The molecule has 1 heterocycles. The second-order valence-corrected chi connectivity index (χ2v) is 12.0. The molecule has 0 saturated heterocycles. The maximum Gasteiger partial charge on any atom is 0.0876 e. The van der Waals surface area contributed by atoms with Gasteiger partial charge in [0.2, 0.25) is 0 Å². The Kier molecular flexibility index (Phi) is 2.76. The van der Waals surface area contributed by atoms with Crippen LogP contribution in [0.1, 0.15) is 34.2 Å². The Hall–Kier alpha value is -0.863. The van der Waals surface area contributed by atoms with Crippen LogP contribution in [0.4, 0.5) is 0 Å². The average Bonchev–Trinajstić information content (AvgIpc) is 2.92. The first kappa shape index (κ1) is 12.2. The summed E-state index contributed by atoms with van der Waals surface area (Å²) in [4.78, 5) is 2.97. The van der Waals surface area contributed by atoms with E-state index in [1.165, 1.54) is 16.2 Å². The van der Waals surface area contributed by atoms with Crippen LogP contribution in [0.25, 0.3) is 6.08 Å². The lowest BCUT2D eigenvalue weighted by Crippen LogP contribution is -2.37. The van der Waals surface area contributed by atoms with E-state index >= 15 is 0 Å². The Morgan fingerprint density at radius 3 is 2.72 bits per heavy atom. The number of fused-ring (bicyclic) bond motifs is 1. The topological polar surface area (TPSA) is 0 Å². The molecule has 2 aliphatic carbocycles. The molecule has 0 spiro atoms. The van der Waals surface area contributed by atoms with E-state index in [9.17, 15) is 0 Å². The summed E-state index contributed by atoms with van der Waals surface area (Å²) in [5.41, 5.74) is 3.89. The molecule has 2 aliphatic rings. The SMILES string of the molecule is CC1=Cc2sc(C)cc2C1[Si](C)(C)C1=CC=CC1. The van der Waals surface area contributed by atoms with Gasteiger partial charge in [-0.15, -0.1) is 11.3 Å². The average molecular weight is 272 g/mol. The predicted octanol–water partition coefficient (Wildman–Crippen LogP) is 5.23. The zero-order valence-corrected chi connectivity index (χ0v) is 13.4. The lowest BCUT2D eigenvalue weighted by Gasteiger charge is -2.33. The highest BCUT2D eigenvalue weighted by molar-refractivity contribution is 7.13. The molecular weight excluding hydrogens is 252 g/mol. The van der Waals surface area contributed by atoms with Gasteiger partial charge < -0.3 is 0 Å². The van der Waals surface area contributed by atoms with Gasteiger partial charge in [0.25, 0.3) is 0 Å². The highest BCUT2D eigenvalue weighted by atomic mass is 32.1. The third-order valence-electron chi connectivity index (χ3n) is 4.36. The second kappa shape index (κ2) is 4.07. The number of aryl methyl sites for hydroxylation is 1. The normalized spacial score (nSPS) is 22.1. The number of hydrogen-bond donors (Lipinski definition) is 0. The summed E-state index contributed by atoms with van der Waals surface area (Å²) in [7, 11) is -1.40. The van der Waals surface area contributed by atoms with Crippen LogP contribution in [-0.2, 0) is 0 Å². The maximum absolute atomic E-state index is 2.54. The van der Waals surface area contributed by atoms with Crippen molar-refractivity contribution in [2.24, 2.45) is 0 Å². The molecule has 0 fully saturated rings. The van der Waals surface area contributed by atoms with Crippen molar-refractivity contribution in [2.75, 3.05) is 0 Å². The van der Waals surface area contributed by atoms with Gasteiger partial charge in [0.05, 0.1) is 8.07 Å². The summed E-state index contributed by atoms with van der Waals surface area (Å²) in [6.07, 6.45) is 10.5. The molecular formula is C16H20SSi. The number of rotatable bonds is 2. The Morgan fingerprint density at radius 1 is 1.28 bits per heavy atom. The van der Waals surface area contributed by atoms with Crippen molar-refractivity contribution in [2.45, 2.75) is 38.9 Å². The molecule has 0 radical (unpaired) electrons. The standard InChI is InChI=1S/C16H20SSi/c1-11-9-15-14(10-12(2)17-15)16(11)18(3,4)13-7-5-6-8-13/h5-7,9-10,16H,8H2,1-4H3. The largest absolute Gasteiger partial charge is 0.141 e. The molecule has 1 aromatic rings. The van der Waals surface area contributed by atoms with Crippen LogP contribution < -0.4 is 0 Å². The molecule has 0 N–H and O–H groups in total. The second-order valence-electron chi connectivity index (χ2n) is 6.04. The minimum atomic E-state index is -1.40. The molecule has 0 aromatic carbocycles. The quantitative estimate of drug-likeness (QED) is 0.647. The monoisotopic (exact) mass is 272 g/mol. The van der Waals surface area contributed by atoms with E-state index in [0.29, 0.717) is 5.54 Å². The fourth-order valence-electron chi connectivity index (χ4n) is 3.49. The van der Waals surface area contributed by atoms with Gasteiger partial charge in [-0.05, 0) is 38.0 Å². The van der Waals surface area contributed by atoms with Gasteiger partial charge in [-0.25, -0.2) is 0 Å². The Morgan fingerprint density at radius 2 is 2.06 bits per heavy atom. The first-order chi connectivity index (χ1) is 8.50. The minimum absolute atomic E-state index is 0.698. The summed E-state index contributed by atoms with van der Waals surface area (Å²) in [6.45, 7) is 9.63. The van der Waals surface area contributed by atoms with Gasteiger partial charge in [-0.3, -0.25) is 0 Å². The van der Waals surface area contributed by atoms with Crippen LogP contribution in [0.2, 0.25) is 13.1 Å². The lowest BCUT2D eigenvalue weighted by molar-refractivity contribution is 1.07. The molecule has 18 heavy (non-hydrogen) atoms. The highest BCUT2D eigenvalue weighted by Crippen LogP contribution is 2.48. The number of hydrogen-bond acceptors (Lipinski definition) is 1. The van der Waals surface area contributed by atoms with E-state index in [1.54, 1.807) is 16.3 Å². The van der Waals surface area contributed by atoms with Gasteiger partial charge in [0.15, 0.2) is 0 Å². The van der Waals surface area contributed by atoms with E-state index in [0.717, 1.165) is 0 Å². The summed E-state index contributed by atoms with van der Waals surface area (Å²) in [5, 5.41) is 1.71. The van der Waals surface area contributed by atoms with Gasteiger partial charge in [-0.1, -0.05) is 42.1 Å². The molecule has 0 bridgehead atoms. The van der Waals surface area contributed by atoms with Crippen LogP contribution in [0.15, 0.2) is 35.1 Å². The van der Waals surface area contributed by atoms with Gasteiger partial charge in [0, 0.05) is 15.3 Å². The first-order valence-electron chi connectivity index (χ1n) is 6.65. The van der Waals surface area contributed by atoms with E-state index < -0.39 is 8.07 Å². The van der Waals surface area contributed by atoms with E-state index in [4.69, 9.17) is 0 Å². The number of thiophene rings is 1. The van der Waals surface area contributed by atoms with Gasteiger partial charge in [-0.2, -0.15) is 0 Å².